The van der Waals surface area contributed by atoms with Gasteiger partial charge in [-0.2, -0.15) is 5.26 Å². The van der Waals surface area contributed by atoms with Gasteiger partial charge in [0.1, 0.15) is 0 Å². The predicted molar refractivity (Wildman–Crippen MR) is 457 cm³/mol. The van der Waals surface area contributed by atoms with Crippen LogP contribution >= 0.6 is 0 Å². The first kappa shape index (κ1) is 63.3. The Labute approximate surface area is 633 Å². The van der Waals surface area contributed by atoms with Crippen LogP contribution in [0.5, 0.6) is 0 Å². The summed E-state index contributed by atoms with van der Waals surface area (Å²) >= 11 is 0. The second kappa shape index (κ2) is 25.9. The van der Waals surface area contributed by atoms with Gasteiger partial charge in [0, 0.05) is 55.1 Å². The zero-order valence-electron chi connectivity index (χ0n) is 59.3. The topological polar surface area (TPSA) is 76.7 Å². The monoisotopic (exact) mass is 1400 g/mol. The lowest BCUT2D eigenvalue weighted by Crippen LogP contribution is -2.00. The zero-order chi connectivity index (χ0) is 72.9. The number of para-hydroxylation sites is 2. The van der Waals surface area contributed by atoms with Crippen LogP contribution in [0.1, 0.15) is 5.56 Å². The normalized spacial score (nSPS) is 11.6. The lowest BCUT2D eigenvalue weighted by Gasteiger charge is -2.15. The van der Waals surface area contributed by atoms with E-state index in [1.54, 1.807) is 0 Å². The first-order valence-corrected chi connectivity index (χ1v) is 37.0. The van der Waals surface area contributed by atoms with Crippen molar-refractivity contribution in [3.8, 4) is 107 Å². The molecule has 508 valence electrons. The predicted octanol–water partition coefficient (Wildman–Crippen LogP) is 27.3. The van der Waals surface area contributed by atoms with Crippen LogP contribution in [0, 0.1) is 17.9 Å². The lowest BCUT2D eigenvalue weighted by molar-refractivity contribution is 1.07. The molecule has 0 aliphatic heterocycles. The standard InChI is InChI=1S/C56H33N5.C47H28N2/c1-57-46-26-28-49-48-27-25-39(33-50(48)61(51(49)34-46)47-15-9-4-10-16-47)35-17-19-36(20-18-35)44-29-40-21-23-42-31-45(32-43-24-22-41(30-44)52(40)53(42)43)56-59-54(37-11-5-2-6-12-37)58-55(60-56)38-13-7-3-8-14-38;48-29-30-11-22-44-43(23-30)42-21-20-34(28-45(42)49(44)41-9-5-2-6-10-41)32-12-14-33(15-13-32)40-26-37-18-16-35-24-39(31-7-3-1-4-8-31)25-36-17-19-38(27-40)47(37)46(35)36/h2-34H;1-28H. The van der Waals surface area contributed by atoms with Crippen LogP contribution in [0.2, 0.25) is 0 Å². The Balaban J connectivity index is 0.000000143. The van der Waals surface area contributed by atoms with Crippen LogP contribution in [0.25, 0.3) is 214 Å². The van der Waals surface area contributed by atoms with Gasteiger partial charge in [0.25, 0.3) is 0 Å². The van der Waals surface area contributed by atoms with Crippen molar-refractivity contribution in [1.82, 2.24) is 24.1 Å². The Morgan fingerprint density at radius 2 is 0.536 bits per heavy atom. The molecule has 7 heteroatoms. The van der Waals surface area contributed by atoms with E-state index in [-0.39, 0.29) is 0 Å². The van der Waals surface area contributed by atoms with E-state index >= 15 is 0 Å². The van der Waals surface area contributed by atoms with Crippen LogP contribution in [0.15, 0.2) is 370 Å². The van der Waals surface area contributed by atoms with Crippen molar-refractivity contribution in [2.75, 3.05) is 0 Å². The molecule has 0 radical (unpaired) electrons. The summed E-state index contributed by atoms with van der Waals surface area (Å²) in [5.41, 5.74) is 22.6. The summed E-state index contributed by atoms with van der Waals surface area (Å²) in [5, 5.41) is 29.1. The quantitative estimate of drug-likeness (QED) is 0.101. The Bertz CT molecular complexity index is 7290. The number of benzene rings is 19. The molecule has 0 amide bonds. The average Bonchev–Trinajstić information content (AvgIpc) is 1.61. The first-order chi connectivity index (χ1) is 54.4. The largest absolute Gasteiger partial charge is 0.310 e. The second-order valence-corrected chi connectivity index (χ2v) is 28.5. The molecule has 7 nitrogen and oxygen atoms in total. The van der Waals surface area contributed by atoms with Gasteiger partial charge >= 0.3 is 0 Å². The van der Waals surface area contributed by atoms with E-state index in [4.69, 9.17) is 21.5 Å². The molecule has 0 spiro atoms. The highest BCUT2D eigenvalue weighted by atomic mass is 15.0. The highest BCUT2D eigenvalue weighted by Gasteiger charge is 2.21. The summed E-state index contributed by atoms with van der Waals surface area (Å²) in [7, 11) is 0. The number of hydrogen-bond acceptors (Lipinski definition) is 4. The maximum absolute atomic E-state index is 9.60. The zero-order valence-corrected chi connectivity index (χ0v) is 59.3. The molecule has 19 aromatic carbocycles. The Hall–Kier alpha value is -15.2. The average molecular weight is 1400 g/mol. The molecule has 3 aromatic heterocycles. The molecular weight excluding hydrogens is 1340 g/mol. The highest BCUT2D eigenvalue weighted by Crippen LogP contribution is 2.45. The number of nitrogens with zero attached hydrogens (tertiary/aromatic N) is 7. The van der Waals surface area contributed by atoms with Crippen LogP contribution in [-0.2, 0) is 0 Å². The summed E-state index contributed by atoms with van der Waals surface area (Å²) in [5.74, 6) is 1.96. The molecule has 0 aliphatic rings. The maximum Gasteiger partial charge on any atom is 0.189 e. The molecule has 0 unspecified atom stereocenters. The minimum Gasteiger partial charge on any atom is -0.310 e. The van der Waals surface area contributed by atoms with E-state index in [0.717, 1.165) is 93.8 Å². The highest BCUT2D eigenvalue weighted by molar-refractivity contribution is 6.26. The van der Waals surface area contributed by atoms with Crippen molar-refractivity contribution in [1.29, 1.82) is 5.26 Å². The molecule has 0 saturated heterocycles. The first-order valence-electron chi connectivity index (χ1n) is 37.0. The Morgan fingerprint density at radius 1 is 0.236 bits per heavy atom. The van der Waals surface area contributed by atoms with Gasteiger partial charge in [0.15, 0.2) is 23.2 Å². The van der Waals surface area contributed by atoms with Crippen LogP contribution in [0.3, 0.4) is 0 Å². The fourth-order valence-corrected chi connectivity index (χ4v) is 16.8. The smallest absolute Gasteiger partial charge is 0.189 e. The summed E-state index contributed by atoms with van der Waals surface area (Å²) in [6, 6.07) is 134. The Kier molecular flexibility index (Phi) is 14.9. The Morgan fingerprint density at radius 3 is 0.918 bits per heavy atom. The molecule has 3 heterocycles. The molecule has 22 rings (SSSR count). The molecule has 110 heavy (non-hydrogen) atoms. The molecule has 22 aromatic rings. The van der Waals surface area contributed by atoms with Gasteiger partial charge in [-0.1, -0.05) is 261 Å². The third kappa shape index (κ3) is 10.8. The number of rotatable bonds is 10. The van der Waals surface area contributed by atoms with Crippen molar-refractivity contribution >= 4 is 114 Å². The summed E-state index contributed by atoms with van der Waals surface area (Å²) < 4.78 is 4.58. The molecule has 0 bridgehead atoms. The van der Waals surface area contributed by atoms with E-state index in [0.29, 0.717) is 28.7 Å². The van der Waals surface area contributed by atoms with Crippen LogP contribution in [-0.4, -0.2) is 24.1 Å². The molecule has 0 aliphatic carbocycles. The van der Waals surface area contributed by atoms with Gasteiger partial charge in [0.2, 0.25) is 0 Å². The minimum atomic E-state index is 0.635. The van der Waals surface area contributed by atoms with Gasteiger partial charge in [-0.15, -0.1) is 0 Å². The SMILES string of the molecule is N#Cc1ccc2c(c1)c1ccc(-c3ccc(-c4cc5ccc6cc(-c7ccccc7)cc7ccc(c4)c5c67)cc3)cc1n2-c1ccccc1.[C-]#[N+]c1ccc2c3ccc(-c4ccc(-c5cc6ccc7cc(-c8nc(-c9ccccc9)nc(-c9ccccc9)n8)cc8ccc(c5)c6c78)cc4)cc3n(-c3ccccc3)c2c1. The molecule has 0 atom stereocenters. The number of hydrogen-bond donors (Lipinski definition) is 0. The number of aromatic nitrogens is 5. The third-order valence-corrected chi connectivity index (χ3v) is 22.0. The number of nitriles is 1. The van der Waals surface area contributed by atoms with E-state index in [9.17, 15) is 5.26 Å². The van der Waals surface area contributed by atoms with Crippen molar-refractivity contribution in [2.24, 2.45) is 0 Å². The van der Waals surface area contributed by atoms with Crippen molar-refractivity contribution in [2.45, 2.75) is 0 Å². The molecule has 0 fully saturated rings. The van der Waals surface area contributed by atoms with Crippen molar-refractivity contribution < 1.29 is 0 Å². The van der Waals surface area contributed by atoms with Crippen LogP contribution < -0.4 is 0 Å². The fourth-order valence-electron chi connectivity index (χ4n) is 16.8. The summed E-state index contributed by atoms with van der Waals surface area (Å²) in [4.78, 5) is 18.7. The van der Waals surface area contributed by atoms with Gasteiger partial charge < -0.3 is 9.13 Å². The van der Waals surface area contributed by atoms with E-state index in [1.165, 1.54) is 98.2 Å². The van der Waals surface area contributed by atoms with E-state index in [2.05, 4.69) is 293 Å². The third-order valence-electron chi connectivity index (χ3n) is 22.0. The molecule has 0 saturated carbocycles. The summed E-state index contributed by atoms with van der Waals surface area (Å²) in [6.07, 6.45) is 0. The van der Waals surface area contributed by atoms with Gasteiger partial charge in [0.05, 0.1) is 34.8 Å². The summed E-state index contributed by atoms with van der Waals surface area (Å²) in [6.45, 7) is 7.65. The van der Waals surface area contributed by atoms with Crippen LogP contribution in [0.4, 0.5) is 5.69 Å². The fraction of sp³-hybridized carbons (Fsp3) is 0. The van der Waals surface area contributed by atoms with Gasteiger partial charge in [-0.3, -0.25) is 0 Å². The second-order valence-electron chi connectivity index (χ2n) is 28.5. The van der Waals surface area contributed by atoms with Crippen molar-refractivity contribution in [3.05, 3.63) is 387 Å². The molecule has 0 N–H and O–H groups in total. The van der Waals surface area contributed by atoms with Gasteiger partial charge in [-0.05, 0) is 229 Å². The maximum atomic E-state index is 9.60. The van der Waals surface area contributed by atoms with Crippen molar-refractivity contribution in [3.63, 3.8) is 0 Å². The number of fused-ring (bicyclic) bond motifs is 6. The van der Waals surface area contributed by atoms with E-state index < -0.39 is 0 Å². The van der Waals surface area contributed by atoms with E-state index in [1.807, 2.05) is 97.1 Å². The lowest BCUT2D eigenvalue weighted by atomic mass is 9.89. The van der Waals surface area contributed by atoms with Gasteiger partial charge in [-0.25, -0.2) is 19.8 Å². The molecular formula is C103H61N7. The minimum absolute atomic E-state index is 0.635.